The van der Waals surface area contributed by atoms with Crippen molar-refractivity contribution in [3.8, 4) is 0 Å². The summed E-state index contributed by atoms with van der Waals surface area (Å²) in [5.41, 5.74) is 1.86. The number of aliphatic carboxylic acids is 1. The highest BCUT2D eigenvalue weighted by Gasteiger charge is 2.22. The van der Waals surface area contributed by atoms with Gasteiger partial charge in [-0.25, -0.2) is 0 Å². The molecule has 2 aromatic carbocycles. The third-order valence-corrected chi connectivity index (χ3v) is 3.75. The lowest BCUT2D eigenvalue weighted by molar-refractivity contribution is -0.141. The van der Waals surface area contributed by atoms with Crippen LogP contribution in [-0.4, -0.2) is 17.0 Å². The molecule has 0 heterocycles. The van der Waals surface area contributed by atoms with E-state index in [1.54, 1.807) is 12.1 Å². The third kappa shape index (κ3) is 5.75. The van der Waals surface area contributed by atoms with E-state index in [1.807, 2.05) is 42.5 Å². The van der Waals surface area contributed by atoms with Gasteiger partial charge in [0.25, 0.3) is 0 Å². The van der Waals surface area contributed by atoms with Crippen molar-refractivity contribution in [3.05, 3.63) is 70.7 Å². The molecule has 0 aromatic heterocycles. The van der Waals surface area contributed by atoms with Crippen molar-refractivity contribution < 1.29 is 14.7 Å². The molecular formula is C18H18ClNO3. The van der Waals surface area contributed by atoms with Crippen LogP contribution < -0.4 is 5.32 Å². The van der Waals surface area contributed by atoms with Crippen molar-refractivity contribution >= 4 is 23.5 Å². The van der Waals surface area contributed by atoms with Gasteiger partial charge < -0.3 is 10.4 Å². The molecule has 0 fully saturated rings. The molecule has 0 bridgehead atoms. The van der Waals surface area contributed by atoms with Gasteiger partial charge in [0.15, 0.2) is 0 Å². The first-order valence-corrected chi connectivity index (χ1v) is 7.70. The molecule has 2 rings (SSSR count). The van der Waals surface area contributed by atoms with Gasteiger partial charge in [0, 0.05) is 11.6 Å². The average molecular weight is 332 g/mol. The number of rotatable bonds is 7. The summed E-state index contributed by atoms with van der Waals surface area (Å²) in [6, 6.07) is 16.6. The Hall–Kier alpha value is -2.33. The lowest BCUT2D eigenvalue weighted by Gasteiger charge is -2.15. The van der Waals surface area contributed by atoms with Crippen LogP contribution in [0.15, 0.2) is 54.6 Å². The van der Waals surface area contributed by atoms with E-state index in [0.717, 1.165) is 11.1 Å². The number of carbonyl (C=O) groups excluding carboxylic acids is 1. The molecule has 0 aliphatic carbocycles. The van der Waals surface area contributed by atoms with Crippen LogP contribution in [0.5, 0.6) is 0 Å². The van der Waals surface area contributed by atoms with E-state index in [0.29, 0.717) is 18.0 Å². The van der Waals surface area contributed by atoms with Crippen molar-refractivity contribution in [1.29, 1.82) is 0 Å². The van der Waals surface area contributed by atoms with E-state index in [9.17, 15) is 9.59 Å². The van der Waals surface area contributed by atoms with Gasteiger partial charge in [0.05, 0.1) is 12.3 Å². The summed E-state index contributed by atoms with van der Waals surface area (Å²) in [7, 11) is 0. The summed E-state index contributed by atoms with van der Waals surface area (Å²) >= 11 is 5.84. The predicted octanol–water partition coefficient (Wildman–Crippen LogP) is 3.29. The lowest BCUT2D eigenvalue weighted by Crippen LogP contribution is -2.33. The number of hydrogen-bond donors (Lipinski definition) is 2. The van der Waals surface area contributed by atoms with Crippen LogP contribution >= 0.6 is 11.6 Å². The lowest BCUT2D eigenvalue weighted by atomic mass is 9.95. The third-order valence-electron chi connectivity index (χ3n) is 3.50. The van der Waals surface area contributed by atoms with Crippen LogP contribution in [0.3, 0.4) is 0 Å². The molecule has 2 aromatic rings. The zero-order valence-corrected chi connectivity index (χ0v) is 13.3. The maximum Gasteiger partial charge on any atom is 0.304 e. The maximum atomic E-state index is 12.3. The molecule has 0 unspecified atom stereocenters. The highest BCUT2D eigenvalue weighted by Crippen LogP contribution is 2.16. The minimum atomic E-state index is -0.987. The largest absolute Gasteiger partial charge is 0.481 e. The van der Waals surface area contributed by atoms with Gasteiger partial charge in [-0.15, -0.1) is 0 Å². The van der Waals surface area contributed by atoms with Crippen molar-refractivity contribution in [2.45, 2.75) is 19.4 Å². The second kappa shape index (κ2) is 8.34. The Bertz CT molecular complexity index is 656. The minimum absolute atomic E-state index is 0.205. The van der Waals surface area contributed by atoms with Crippen LogP contribution in [0.2, 0.25) is 5.02 Å². The van der Waals surface area contributed by atoms with Crippen LogP contribution in [0.1, 0.15) is 17.5 Å². The number of carboxylic acids is 1. The minimum Gasteiger partial charge on any atom is -0.481 e. The summed E-state index contributed by atoms with van der Waals surface area (Å²) < 4.78 is 0. The van der Waals surface area contributed by atoms with Gasteiger partial charge in [-0.3, -0.25) is 9.59 Å². The molecule has 4 nitrogen and oxygen atoms in total. The Labute approximate surface area is 140 Å². The number of carboxylic acid groups (broad SMARTS) is 1. The topological polar surface area (TPSA) is 66.4 Å². The molecule has 0 spiro atoms. The van der Waals surface area contributed by atoms with Crippen molar-refractivity contribution in [2.24, 2.45) is 5.92 Å². The van der Waals surface area contributed by atoms with E-state index >= 15 is 0 Å². The molecule has 1 amide bonds. The van der Waals surface area contributed by atoms with E-state index in [-0.39, 0.29) is 12.3 Å². The highest BCUT2D eigenvalue weighted by molar-refractivity contribution is 6.30. The maximum absolute atomic E-state index is 12.3. The quantitative estimate of drug-likeness (QED) is 0.818. The number of carbonyl (C=O) groups is 2. The SMILES string of the molecule is O=C(O)C[C@H](Cc1ccc(Cl)cc1)C(=O)NCc1ccccc1. The molecule has 120 valence electrons. The predicted molar refractivity (Wildman–Crippen MR) is 89.2 cm³/mol. The first-order chi connectivity index (χ1) is 11.0. The smallest absolute Gasteiger partial charge is 0.304 e. The Morgan fingerprint density at radius 3 is 2.26 bits per heavy atom. The molecule has 5 heteroatoms. The van der Waals surface area contributed by atoms with Gasteiger partial charge in [-0.2, -0.15) is 0 Å². The van der Waals surface area contributed by atoms with Gasteiger partial charge in [-0.1, -0.05) is 54.1 Å². The Kier molecular flexibility index (Phi) is 6.18. The fourth-order valence-corrected chi connectivity index (χ4v) is 2.43. The van der Waals surface area contributed by atoms with Gasteiger partial charge in [0.2, 0.25) is 5.91 Å². The standard InChI is InChI=1S/C18H18ClNO3/c19-16-8-6-13(7-9-16)10-15(11-17(21)22)18(23)20-12-14-4-2-1-3-5-14/h1-9,15H,10-12H2,(H,20,23)(H,21,22)/t15-/m0/s1. The van der Waals surface area contributed by atoms with Gasteiger partial charge >= 0.3 is 5.97 Å². The number of benzene rings is 2. The molecular weight excluding hydrogens is 314 g/mol. The van der Waals surface area contributed by atoms with Crippen LogP contribution in [0.25, 0.3) is 0 Å². The normalized spacial score (nSPS) is 11.7. The first-order valence-electron chi connectivity index (χ1n) is 7.32. The fraction of sp³-hybridized carbons (Fsp3) is 0.222. The first kappa shape index (κ1) is 17.0. The second-order valence-electron chi connectivity index (χ2n) is 5.33. The summed E-state index contributed by atoms with van der Waals surface area (Å²) in [5, 5.41) is 12.5. The summed E-state index contributed by atoms with van der Waals surface area (Å²) in [6.45, 7) is 0.385. The number of amides is 1. The molecule has 1 atom stereocenters. The Balaban J connectivity index is 2.00. The van der Waals surface area contributed by atoms with Crippen molar-refractivity contribution in [2.75, 3.05) is 0 Å². The second-order valence-corrected chi connectivity index (χ2v) is 5.77. The van der Waals surface area contributed by atoms with Crippen LogP contribution in [0, 0.1) is 5.92 Å². The molecule has 0 saturated heterocycles. The molecule has 23 heavy (non-hydrogen) atoms. The molecule has 0 aliphatic rings. The zero-order chi connectivity index (χ0) is 16.7. The van der Waals surface area contributed by atoms with Gasteiger partial charge in [-0.05, 0) is 29.7 Å². The molecule has 0 radical (unpaired) electrons. The monoisotopic (exact) mass is 331 g/mol. The van der Waals surface area contributed by atoms with Crippen LogP contribution in [-0.2, 0) is 22.6 Å². The molecule has 0 aliphatic heterocycles. The van der Waals surface area contributed by atoms with E-state index in [1.165, 1.54) is 0 Å². The summed E-state index contributed by atoms with van der Waals surface area (Å²) in [4.78, 5) is 23.4. The molecule has 0 saturated carbocycles. The summed E-state index contributed by atoms with van der Waals surface area (Å²) in [5.74, 6) is -1.86. The van der Waals surface area contributed by atoms with Crippen molar-refractivity contribution in [3.63, 3.8) is 0 Å². The number of halogens is 1. The zero-order valence-electron chi connectivity index (χ0n) is 12.5. The van der Waals surface area contributed by atoms with E-state index in [4.69, 9.17) is 16.7 Å². The Morgan fingerprint density at radius 1 is 1.00 bits per heavy atom. The van der Waals surface area contributed by atoms with E-state index in [2.05, 4.69) is 5.32 Å². The fourth-order valence-electron chi connectivity index (χ4n) is 2.30. The highest BCUT2D eigenvalue weighted by atomic mass is 35.5. The van der Waals surface area contributed by atoms with Crippen molar-refractivity contribution in [1.82, 2.24) is 5.32 Å². The Morgan fingerprint density at radius 2 is 1.65 bits per heavy atom. The van der Waals surface area contributed by atoms with E-state index < -0.39 is 11.9 Å². The average Bonchev–Trinajstić information content (AvgIpc) is 2.54. The van der Waals surface area contributed by atoms with Crippen LogP contribution in [0.4, 0.5) is 0 Å². The number of nitrogens with one attached hydrogen (secondary N) is 1. The number of hydrogen-bond acceptors (Lipinski definition) is 2. The van der Waals surface area contributed by atoms with Gasteiger partial charge in [0.1, 0.15) is 0 Å². The summed E-state index contributed by atoms with van der Waals surface area (Å²) in [6.07, 6.45) is 0.160. The molecule has 2 N–H and O–H groups in total.